The average Bonchev–Trinajstić information content (AvgIpc) is 3.63. The summed E-state index contributed by atoms with van der Waals surface area (Å²) in [6.07, 6.45) is 0. The van der Waals surface area contributed by atoms with Gasteiger partial charge in [0.15, 0.2) is 0 Å². The Bertz CT molecular complexity index is 2950. The lowest BCUT2D eigenvalue weighted by atomic mass is 9.43. The van der Waals surface area contributed by atoms with Crippen LogP contribution in [0.3, 0.4) is 0 Å². The van der Waals surface area contributed by atoms with E-state index >= 15 is 0 Å². The first kappa shape index (κ1) is 32.6. The molecule has 266 valence electrons. The Morgan fingerprint density at radius 1 is 0.600 bits per heavy atom. The number of para-hydroxylation sites is 1. The van der Waals surface area contributed by atoms with Crippen molar-refractivity contribution in [2.75, 3.05) is 4.81 Å². The third kappa shape index (κ3) is 4.33. The predicted octanol–water partition coefficient (Wildman–Crippen LogP) is 12.2. The van der Waals surface area contributed by atoms with Gasteiger partial charge >= 0.3 is 6.85 Å². The van der Waals surface area contributed by atoms with Gasteiger partial charge in [0.05, 0.1) is 5.52 Å². The molecule has 3 heterocycles. The lowest BCUT2D eigenvalue weighted by Gasteiger charge is -2.43. The fraction of sp³-hybridized carbons (Fsp3) is 0.192. The largest absolute Gasteiger partial charge is 0.376 e. The van der Waals surface area contributed by atoms with Crippen molar-refractivity contribution in [3.63, 3.8) is 0 Å². The number of fused-ring (bicyclic) bond motifs is 10. The van der Waals surface area contributed by atoms with Gasteiger partial charge in [0.25, 0.3) is 0 Å². The summed E-state index contributed by atoms with van der Waals surface area (Å²) in [6, 6.07) is 49.2. The summed E-state index contributed by atoms with van der Waals surface area (Å²) in [6.45, 7) is 18.5. The van der Waals surface area contributed by atoms with Crippen molar-refractivity contribution in [2.24, 2.45) is 0 Å². The minimum absolute atomic E-state index is 0.0157. The molecule has 55 heavy (non-hydrogen) atoms. The molecule has 0 bridgehead atoms. The Labute approximate surface area is 325 Å². The van der Waals surface area contributed by atoms with Crippen LogP contribution in [-0.4, -0.2) is 11.4 Å². The molecular weight excluding hydrogens is 663 g/mol. The molecule has 0 unspecified atom stereocenters. The van der Waals surface area contributed by atoms with Gasteiger partial charge in [0.2, 0.25) is 0 Å². The lowest BCUT2D eigenvalue weighted by molar-refractivity contribution is 0.590. The quantitative estimate of drug-likeness (QED) is 0.162. The topological polar surface area (TPSA) is 8.17 Å². The van der Waals surface area contributed by atoms with E-state index in [-0.39, 0.29) is 17.7 Å². The van der Waals surface area contributed by atoms with E-state index < -0.39 is 0 Å². The second-order valence-corrected chi connectivity index (χ2v) is 18.0. The molecule has 2 nitrogen and oxygen atoms in total. The fourth-order valence-corrected chi connectivity index (χ4v) is 10.8. The predicted molar refractivity (Wildman–Crippen MR) is 236 cm³/mol. The number of hydrogen-bond acceptors (Lipinski definition) is 1. The third-order valence-corrected chi connectivity index (χ3v) is 13.1. The van der Waals surface area contributed by atoms with Crippen LogP contribution >= 0.6 is 0 Å². The molecule has 3 aliphatic rings. The Morgan fingerprint density at radius 3 is 2.02 bits per heavy atom. The zero-order valence-electron chi connectivity index (χ0n) is 33.1. The van der Waals surface area contributed by atoms with Crippen molar-refractivity contribution in [1.82, 2.24) is 4.57 Å². The monoisotopic (exact) mass is 708 g/mol. The second-order valence-electron chi connectivity index (χ2n) is 18.0. The van der Waals surface area contributed by atoms with Gasteiger partial charge in [-0.15, -0.1) is 0 Å². The molecule has 8 aromatic rings. The lowest BCUT2D eigenvalue weighted by Crippen LogP contribution is -2.60. The molecule has 0 spiro atoms. The summed E-state index contributed by atoms with van der Waals surface area (Å²) in [5, 5.41) is 3.87. The summed E-state index contributed by atoms with van der Waals surface area (Å²) in [4.78, 5) is 2.66. The summed E-state index contributed by atoms with van der Waals surface area (Å²) >= 11 is 0. The van der Waals surface area contributed by atoms with Crippen LogP contribution in [0.4, 0.5) is 11.4 Å². The maximum absolute atomic E-state index is 2.70. The standard InChI is InChI=1S/C52H45BN2/c1-30-24-31(2)46(32(3)25-30)35-27-41-40-26-33-14-9-10-15-34(33)28-44(40)55(37-22-20-36(21-23-37)51(4,5)6)53-43-19-13-17-39-47-38-16-11-12-18-42(38)52(7,8)50(47)54(49(39)43)45(29-35)48(41)53/h9-29H,1-8H3. The molecule has 0 saturated carbocycles. The highest BCUT2D eigenvalue weighted by Gasteiger charge is 2.48. The van der Waals surface area contributed by atoms with E-state index in [9.17, 15) is 0 Å². The van der Waals surface area contributed by atoms with Gasteiger partial charge in [-0.25, -0.2) is 0 Å². The van der Waals surface area contributed by atoms with Crippen LogP contribution in [0.2, 0.25) is 0 Å². The van der Waals surface area contributed by atoms with Crippen LogP contribution in [0.15, 0.2) is 127 Å². The van der Waals surface area contributed by atoms with Gasteiger partial charge in [-0.1, -0.05) is 131 Å². The van der Waals surface area contributed by atoms with E-state index in [0.717, 1.165) is 0 Å². The molecule has 1 aliphatic carbocycles. The smallest absolute Gasteiger partial charge is 0.333 e. The number of anilines is 2. The number of aromatic nitrogens is 1. The molecule has 2 aliphatic heterocycles. The molecule has 11 rings (SSSR count). The van der Waals surface area contributed by atoms with E-state index in [0.29, 0.717) is 0 Å². The van der Waals surface area contributed by atoms with Crippen LogP contribution in [0.5, 0.6) is 0 Å². The first-order chi connectivity index (χ1) is 26.4. The van der Waals surface area contributed by atoms with Crippen LogP contribution in [-0.2, 0) is 10.8 Å². The van der Waals surface area contributed by atoms with Gasteiger partial charge < -0.3 is 9.38 Å². The van der Waals surface area contributed by atoms with Gasteiger partial charge in [-0.3, -0.25) is 0 Å². The van der Waals surface area contributed by atoms with Crippen LogP contribution < -0.4 is 15.7 Å². The molecule has 7 aromatic carbocycles. The number of benzene rings is 7. The van der Waals surface area contributed by atoms with Crippen molar-refractivity contribution >= 4 is 50.8 Å². The Balaban J connectivity index is 1.32. The summed E-state index contributed by atoms with van der Waals surface area (Å²) in [5.41, 5.74) is 23.9. The van der Waals surface area contributed by atoms with Gasteiger partial charge in [0.1, 0.15) is 0 Å². The summed E-state index contributed by atoms with van der Waals surface area (Å²) in [7, 11) is 0. The third-order valence-electron chi connectivity index (χ3n) is 13.1. The molecule has 0 atom stereocenters. The molecular formula is C52H45BN2. The maximum Gasteiger partial charge on any atom is 0.333 e. The zero-order chi connectivity index (χ0) is 37.7. The van der Waals surface area contributed by atoms with E-state index in [1.807, 2.05) is 0 Å². The maximum atomic E-state index is 2.70. The Morgan fingerprint density at radius 2 is 1.29 bits per heavy atom. The molecule has 0 saturated heterocycles. The molecule has 3 heteroatoms. The summed E-state index contributed by atoms with van der Waals surface area (Å²) in [5.74, 6) is 0. The van der Waals surface area contributed by atoms with Crippen molar-refractivity contribution in [2.45, 2.75) is 66.2 Å². The highest BCUT2D eigenvalue weighted by Crippen LogP contribution is 2.55. The van der Waals surface area contributed by atoms with Crippen LogP contribution in [0.25, 0.3) is 60.7 Å². The number of rotatable bonds is 2. The minimum Gasteiger partial charge on any atom is -0.376 e. The highest BCUT2D eigenvalue weighted by molar-refractivity contribution is 6.93. The van der Waals surface area contributed by atoms with E-state index in [1.165, 1.54) is 117 Å². The highest BCUT2D eigenvalue weighted by atomic mass is 15.1. The molecule has 0 fully saturated rings. The average molecular weight is 709 g/mol. The van der Waals surface area contributed by atoms with Crippen molar-refractivity contribution in [1.29, 1.82) is 0 Å². The van der Waals surface area contributed by atoms with Crippen LogP contribution in [0.1, 0.15) is 68.1 Å². The number of aryl methyl sites for hydroxylation is 3. The normalized spacial score (nSPS) is 14.6. The first-order valence-electron chi connectivity index (χ1n) is 19.9. The molecule has 0 radical (unpaired) electrons. The first-order valence-corrected chi connectivity index (χ1v) is 19.9. The molecule has 0 amide bonds. The van der Waals surface area contributed by atoms with Gasteiger partial charge in [-0.05, 0) is 129 Å². The second kappa shape index (κ2) is 10.9. The Kier molecular flexibility index (Phi) is 6.47. The van der Waals surface area contributed by atoms with E-state index in [1.54, 1.807) is 0 Å². The Hall–Kier alpha value is -5.80. The molecule has 1 aromatic heterocycles. The minimum atomic E-state index is -0.182. The van der Waals surface area contributed by atoms with Gasteiger partial charge in [-0.2, -0.15) is 0 Å². The van der Waals surface area contributed by atoms with Crippen LogP contribution in [0, 0.1) is 20.8 Å². The number of nitrogens with zero attached hydrogens (tertiary/aromatic N) is 2. The SMILES string of the molecule is Cc1cc(C)c(-c2cc3c4c(c2)-n2c5c(c6cccc(c62)B4N(c2ccc(C(C)(C)C)cc2)c2cc4ccccc4cc2-3)-c2ccccc2C5(C)C)c(C)c1. The van der Waals surface area contributed by atoms with E-state index in [4.69, 9.17) is 0 Å². The molecule has 0 N–H and O–H groups in total. The van der Waals surface area contributed by atoms with Gasteiger partial charge in [0, 0.05) is 44.7 Å². The number of hydrogen-bond donors (Lipinski definition) is 0. The zero-order valence-corrected chi connectivity index (χ0v) is 33.1. The van der Waals surface area contributed by atoms with Crippen molar-refractivity contribution < 1.29 is 0 Å². The van der Waals surface area contributed by atoms with Crippen molar-refractivity contribution in [3.8, 4) is 39.1 Å². The summed E-state index contributed by atoms with van der Waals surface area (Å²) < 4.78 is 2.70. The van der Waals surface area contributed by atoms with Crippen molar-refractivity contribution in [3.05, 3.63) is 161 Å². The van der Waals surface area contributed by atoms with E-state index in [2.05, 4.69) is 192 Å². The fourth-order valence-electron chi connectivity index (χ4n) is 10.8.